The zero-order valence-electron chi connectivity index (χ0n) is 13.1. The van der Waals surface area contributed by atoms with Crippen LogP contribution in [0.1, 0.15) is 29.6 Å². The largest absolute Gasteiger partial charge is 0.357 e. The quantitative estimate of drug-likeness (QED) is 0.936. The van der Waals surface area contributed by atoms with Crippen molar-refractivity contribution in [2.75, 3.05) is 13.6 Å². The van der Waals surface area contributed by atoms with Crippen molar-refractivity contribution in [3.8, 4) is 5.69 Å². The van der Waals surface area contributed by atoms with Crippen LogP contribution in [0.5, 0.6) is 0 Å². The van der Waals surface area contributed by atoms with Crippen LogP contribution in [0.3, 0.4) is 0 Å². The van der Waals surface area contributed by atoms with Gasteiger partial charge >= 0.3 is 0 Å². The number of likely N-dealkylation sites (tertiary alicyclic amines) is 1. The van der Waals surface area contributed by atoms with Gasteiger partial charge < -0.3 is 10.2 Å². The van der Waals surface area contributed by atoms with Crippen LogP contribution in [0.15, 0.2) is 42.7 Å². The first-order chi connectivity index (χ1) is 11.2. The summed E-state index contributed by atoms with van der Waals surface area (Å²) in [5.74, 6) is -0.184. The molecule has 1 N–H and O–H groups in total. The predicted octanol–water partition coefficient (Wildman–Crippen LogP) is 1.61. The maximum atomic E-state index is 12.8. The molecule has 1 atom stereocenters. The Morgan fingerprint density at radius 2 is 2.00 bits per heavy atom. The molecule has 2 heterocycles. The number of hydrogen-bond donors (Lipinski definition) is 1. The normalized spacial score (nSPS) is 17.8. The van der Waals surface area contributed by atoms with Gasteiger partial charge in [-0.15, -0.1) is 0 Å². The lowest BCUT2D eigenvalue weighted by Gasteiger charge is -2.34. The molecule has 0 radical (unpaired) electrons. The number of carbonyl (C=O) groups is 2. The van der Waals surface area contributed by atoms with Crippen LogP contribution in [0, 0.1) is 0 Å². The van der Waals surface area contributed by atoms with Crippen molar-refractivity contribution in [2.24, 2.45) is 0 Å². The summed E-state index contributed by atoms with van der Waals surface area (Å²) in [6.07, 6.45) is 6.19. The summed E-state index contributed by atoms with van der Waals surface area (Å²) >= 11 is 0. The Bertz CT molecular complexity index is 679. The minimum absolute atomic E-state index is 0.0915. The molecule has 1 fully saturated rings. The third-order valence-electron chi connectivity index (χ3n) is 4.20. The number of nitrogens with zero attached hydrogens (tertiary/aromatic N) is 3. The fourth-order valence-electron chi connectivity index (χ4n) is 2.96. The first kappa shape index (κ1) is 15.3. The number of aromatic nitrogens is 2. The molecule has 2 amide bonds. The van der Waals surface area contributed by atoms with Crippen LogP contribution < -0.4 is 5.32 Å². The lowest BCUT2D eigenvalue weighted by molar-refractivity contribution is -0.126. The van der Waals surface area contributed by atoms with Gasteiger partial charge in [-0.05, 0) is 49.6 Å². The first-order valence-corrected chi connectivity index (χ1v) is 7.83. The number of carbonyl (C=O) groups excluding carboxylic acids is 2. The first-order valence-electron chi connectivity index (χ1n) is 7.83. The Hall–Kier alpha value is -2.63. The van der Waals surface area contributed by atoms with Crippen LogP contribution in [0.25, 0.3) is 5.69 Å². The van der Waals surface area contributed by atoms with Crippen LogP contribution >= 0.6 is 0 Å². The summed E-state index contributed by atoms with van der Waals surface area (Å²) in [5.41, 5.74) is 1.49. The highest BCUT2D eigenvalue weighted by Gasteiger charge is 2.31. The smallest absolute Gasteiger partial charge is 0.254 e. The molecule has 23 heavy (non-hydrogen) atoms. The maximum Gasteiger partial charge on any atom is 0.254 e. The molecule has 2 aromatic rings. The lowest BCUT2D eigenvalue weighted by Crippen LogP contribution is -2.51. The number of benzene rings is 1. The van der Waals surface area contributed by atoms with Gasteiger partial charge in [-0.1, -0.05) is 0 Å². The minimum Gasteiger partial charge on any atom is -0.357 e. The average Bonchev–Trinajstić information content (AvgIpc) is 3.15. The molecule has 3 rings (SSSR count). The molecule has 1 unspecified atom stereocenters. The van der Waals surface area contributed by atoms with Gasteiger partial charge in [-0.3, -0.25) is 9.59 Å². The maximum absolute atomic E-state index is 12.8. The van der Waals surface area contributed by atoms with Crippen molar-refractivity contribution in [1.82, 2.24) is 20.0 Å². The summed E-state index contributed by atoms with van der Waals surface area (Å²) in [6.45, 7) is 0.623. The number of amides is 2. The highest BCUT2D eigenvalue weighted by Crippen LogP contribution is 2.20. The molecular formula is C17H20N4O2. The van der Waals surface area contributed by atoms with Crippen molar-refractivity contribution in [3.05, 3.63) is 48.3 Å². The molecule has 0 saturated carbocycles. The van der Waals surface area contributed by atoms with E-state index >= 15 is 0 Å². The fraction of sp³-hybridized carbons (Fsp3) is 0.353. The van der Waals surface area contributed by atoms with E-state index in [0.717, 1.165) is 24.9 Å². The van der Waals surface area contributed by atoms with Crippen LogP contribution in [-0.4, -0.2) is 46.1 Å². The molecule has 1 aromatic heterocycles. The van der Waals surface area contributed by atoms with Crippen molar-refractivity contribution in [3.63, 3.8) is 0 Å². The van der Waals surface area contributed by atoms with Gasteiger partial charge in [0, 0.05) is 31.5 Å². The van der Waals surface area contributed by atoms with Gasteiger partial charge in [0.2, 0.25) is 5.91 Å². The van der Waals surface area contributed by atoms with Gasteiger partial charge in [0.1, 0.15) is 6.04 Å². The van der Waals surface area contributed by atoms with E-state index in [-0.39, 0.29) is 17.9 Å². The highest BCUT2D eigenvalue weighted by atomic mass is 16.2. The van der Waals surface area contributed by atoms with Crippen molar-refractivity contribution < 1.29 is 9.59 Å². The Morgan fingerprint density at radius 1 is 1.22 bits per heavy atom. The highest BCUT2D eigenvalue weighted by molar-refractivity contribution is 5.97. The standard InChI is InChI=1S/C17H20N4O2/c1-18-16(22)15-5-2-3-11-20(15)17(23)13-6-8-14(9-7-13)21-12-4-10-19-21/h4,6-10,12,15H,2-3,5,11H2,1H3,(H,18,22). The van der Waals surface area contributed by atoms with Crippen LogP contribution in [0.2, 0.25) is 0 Å². The number of hydrogen-bond acceptors (Lipinski definition) is 3. The van der Waals surface area contributed by atoms with E-state index in [1.54, 1.807) is 35.0 Å². The molecule has 1 aliphatic heterocycles. The summed E-state index contributed by atoms with van der Waals surface area (Å²) in [5, 5.41) is 6.82. The zero-order valence-corrected chi connectivity index (χ0v) is 13.1. The SMILES string of the molecule is CNC(=O)C1CCCCN1C(=O)c1ccc(-n2cccn2)cc1. The van der Waals surface area contributed by atoms with Crippen molar-refractivity contribution in [1.29, 1.82) is 0 Å². The van der Waals surface area contributed by atoms with Gasteiger partial charge in [0.25, 0.3) is 5.91 Å². The van der Waals surface area contributed by atoms with E-state index in [9.17, 15) is 9.59 Å². The average molecular weight is 312 g/mol. The Balaban J connectivity index is 1.80. The fourth-order valence-corrected chi connectivity index (χ4v) is 2.96. The summed E-state index contributed by atoms with van der Waals surface area (Å²) in [6, 6.07) is 8.77. The van der Waals surface area contributed by atoms with Gasteiger partial charge in [0.15, 0.2) is 0 Å². The van der Waals surface area contributed by atoms with Gasteiger partial charge in [0.05, 0.1) is 5.69 Å². The van der Waals surface area contributed by atoms with Gasteiger partial charge in [-0.25, -0.2) is 4.68 Å². The second kappa shape index (κ2) is 6.64. The number of piperidine rings is 1. The molecule has 0 bridgehead atoms. The summed E-state index contributed by atoms with van der Waals surface area (Å²) < 4.78 is 1.74. The zero-order chi connectivity index (χ0) is 16.2. The van der Waals surface area contributed by atoms with Crippen LogP contribution in [-0.2, 0) is 4.79 Å². The molecule has 1 aliphatic rings. The second-order valence-corrected chi connectivity index (χ2v) is 5.62. The molecule has 120 valence electrons. The molecule has 0 spiro atoms. The van der Waals surface area contributed by atoms with E-state index in [0.29, 0.717) is 12.1 Å². The van der Waals surface area contributed by atoms with E-state index in [1.807, 2.05) is 24.4 Å². The molecular weight excluding hydrogens is 292 g/mol. The van der Waals surface area contributed by atoms with Crippen molar-refractivity contribution >= 4 is 11.8 Å². The molecule has 1 saturated heterocycles. The van der Waals surface area contributed by atoms with E-state index < -0.39 is 0 Å². The predicted molar refractivity (Wildman–Crippen MR) is 86.3 cm³/mol. The number of rotatable bonds is 3. The number of likely N-dealkylation sites (N-methyl/N-ethyl adjacent to an activating group) is 1. The molecule has 6 heteroatoms. The molecule has 6 nitrogen and oxygen atoms in total. The Kier molecular flexibility index (Phi) is 4.41. The lowest BCUT2D eigenvalue weighted by atomic mass is 10.00. The topological polar surface area (TPSA) is 67.2 Å². The minimum atomic E-state index is -0.368. The van der Waals surface area contributed by atoms with E-state index in [2.05, 4.69) is 10.4 Å². The molecule has 0 aliphatic carbocycles. The van der Waals surface area contributed by atoms with Crippen LogP contribution in [0.4, 0.5) is 0 Å². The third-order valence-corrected chi connectivity index (χ3v) is 4.20. The third kappa shape index (κ3) is 3.11. The van der Waals surface area contributed by atoms with E-state index in [1.165, 1.54) is 0 Å². The second-order valence-electron chi connectivity index (χ2n) is 5.62. The van der Waals surface area contributed by atoms with Gasteiger partial charge in [-0.2, -0.15) is 5.10 Å². The monoisotopic (exact) mass is 312 g/mol. The number of nitrogens with one attached hydrogen (secondary N) is 1. The Morgan fingerprint density at radius 3 is 2.65 bits per heavy atom. The van der Waals surface area contributed by atoms with Crippen molar-refractivity contribution in [2.45, 2.75) is 25.3 Å². The molecule has 1 aromatic carbocycles. The van der Waals surface area contributed by atoms with E-state index in [4.69, 9.17) is 0 Å². The Labute approximate surface area is 135 Å². The summed E-state index contributed by atoms with van der Waals surface area (Å²) in [7, 11) is 1.61. The summed E-state index contributed by atoms with van der Waals surface area (Å²) in [4.78, 5) is 26.4.